The molecule has 1 amide bonds. The second-order valence-electron chi connectivity index (χ2n) is 6.44. The number of nitrogens with zero attached hydrogens (tertiary/aromatic N) is 2. The minimum Gasteiger partial charge on any atom is -0.348 e. The van der Waals surface area contributed by atoms with E-state index >= 15 is 0 Å². The quantitative estimate of drug-likeness (QED) is 0.889. The van der Waals surface area contributed by atoms with E-state index in [0.29, 0.717) is 5.56 Å². The summed E-state index contributed by atoms with van der Waals surface area (Å²) < 4.78 is 0. The Balaban J connectivity index is 1.43. The number of aromatic nitrogens is 1. The van der Waals surface area contributed by atoms with Crippen LogP contribution in [0.25, 0.3) is 0 Å². The summed E-state index contributed by atoms with van der Waals surface area (Å²) in [5.41, 5.74) is 2.09. The summed E-state index contributed by atoms with van der Waals surface area (Å²) >= 11 is 0. The van der Waals surface area contributed by atoms with E-state index in [1.165, 1.54) is 5.56 Å². The highest BCUT2D eigenvalue weighted by Gasteiger charge is 2.21. The first-order valence-corrected chi connectivity index (χ1v) is 8.78. The Bertz CT molecular complexity index is 630. The van der Waals surface area contributed by atoms with Crippen molar-refractivity contribution in [2.75, 3.05) is 19.6 Å². The Morgan fingerprint density at radius 2 is 1.96 bits per heavy atom. The fourth-order valence-electron chi connectivity index (χ4n) is 3.30. The largest absolute Gasteiger partial charge is 0.348 e. The van der Waals surface area contributed by atoms with Gasteiger partial charge in [-0.25, -0.2) is 0 Å². The first-order chi connectivity index (χ1) is 11.8. The molecule has 0 saturated carbocycles. The monoisotopic (exact) mass is 323 g/mol. The Morgan fingerprint density at radius 3 is 2.75 bits per heavy atom. The molecule has 1 fully saturated rings. The highest BCUT2D eigenvalue weighted by Crippen LogP contribution is 2.12. The van der Waals surface area contributed by atoms with Gasteiger partial charge in [-0.1, -0.05) is 30.3 Å². The molecular weight excluding hydrogens is 298 g/mol. The van der Waals surface area contributed by atoms with E-state index in [1.54, 1.807) is 24.5 Å². The number of carbonyl (C=O) groups is 1. The lowest BCUT2D eigenvalue weighted by molar-refractivity contribution is 0.0903. The third-order valence-corrected chi connectivity index (χ3v) is 4.57. The maximum absolute atomic E-state index is 12.3. The van der Waals surface area contributed by atoms with Crippen molar-refractivity contribution < 1.29 is 4.79 Å². The number of amides is 1. The normalized spacial score (nSPS) is 18.2. The van der Waals surface area contributed by atoms with Gasteiger partial charge >= 0.3 is 0 Å². The van der Waals surface area contributed by atoms with Crippen LogP contribution in [0.1, 0.15) is 35.2 Å². The average molecular weight is 323 g/mol. The zero-order valence-electron chi connectivity index (χ0n) is 14.0. The maximum Gasteiger partial charge on any atom is 0.251 e. The molecule has 1 N–H and O–H groups in total. The second kappa shape index (κ2) is 8.60. The standard InChI is InChI=1S/C20H25N3O/c24-20(18-10-12-21-13-11-18)22-19-9-5-15-23(16-19)14-4-8-17-6-2-1-3-7-17/h1-3,6-7,10-13,19H,4-5,8-9,14-16H2,(H,22,24)/t19-/m0/s1. The molecule has 1 aliphatic heterocycles. The van der Waals surface area contributed by atoms with Gasteiger partial charge in [0.15, 0.2) is 0 Å². The molecule has 2 heterocycles. The predicted octanol–water partition coefficient (Wildman–Crippen LogP) is 2.91. The minimum atomic E-state index is 0.00790. The number of hydrogen-bond donors (Lipinski definition) is 1. The van der Waals surface area contributed by atoms with Crippen molar-refractivity contribution in [3.63, 3.8) is 0 Å². The Morgan fingerprint density at radius 1 is 1.17 bits per heavy atom. The zero-order chi connectivity index (χ0) is 16.6. The molecule has 0 radical (unpaired) electrons. The van der Waals surface area contributed by atoms with Crippen LogP contribution in [0.15, 0.2) is 54.9 Å². The molecule has 24 heavy (non-hydrogen) atoms. The van der Waals surface area contributed by atoms with Crippen LogP contribution in [-0.4, -0.2) is 41.5 Å². The maximum atomic E-state index is 12.3. The van der Waals surface area contributed by atoms with Crippen LogP contribution in [0.3, 0.4) is 0 Å². The molecule has 1 atom stereocenters. The number of pyridine rings is 1. The number of hydrogen-bond acceptors (Lipinski definition) is 3. The third kappa shape index (κ3) is 4.90. The molecule has 126 valence electrons. The van der Waals surface area contributed by atoms with Gasteiger partial charge in [-0.3, -0.25) is 9.78 Å². The molecule has 4 heteroatoms. The van der Waals surface area contributed by atoms with Crippen LogP contribution in [0.5, 0.6) is 0 Å². The molecule has 4 nitrogen and oxygen atoms in total. The SMILES string of the molecule is O=C(N[C@H]1CCCN(CCCc2ccccc2)C1)c1ccncc1. The predicted molar refractivity (Wildman–Crippen MR) is 95.9 cm³/mol. The molecule has 0 bridgehead atoms. The van der Waals surface area contributed by atoms with Gasteiger partial charge in [-0.05, 0) is 56.5 Å². The minimum absolute atomic E-state index is 0.00790. The Hall–Kier alpha value is -2.20. The van der Waals surface area contributed by atoms with Crippen molar-refractivity contribution >= 4 is 5.91 Å². The zero-order valence-corrected chi connectivity index (χ0v) is 14.0. The number of benzene rings is 1. The second-order valence-corrected chi connectivity index (χ2v) is 6.44. The summed E-state index contributed by atoms with van der Waals surface area (Å²) in [6.07, 6.45) is 7.80. The van der Waals surface area contributed by atoms with E-state index in [9.17, 15) is 4.79 Å². The number of likely N-dealkylation sites (tertiary alicyclic amines) is 1. The lowest BCUT2D eigenvalue weighted by atomic mass is 10.0. The molecular formula is C20H25N3O. The Labute approximate surface area is 143 Å². The van der Waals surface area contributed by atoms with Crippen molar-refractivity contribution in [1.82, 2.24) is 15.2 Å². The molecule has 1 saturated heterocycles. The van der Waals surface area contributed by atoms with Crippen molar-refractivity contribution in [2.45, 2.75) is 31.7 Å². The van der Waals surface area contributed by atoms with Crippen LogP contribution in [0, 0.1) is 0 Å². The highest BCUT2D eigenvalue weighted by atomic mass is 16.1. The molecule has 1 aliphatic rings. The summed E-state index contributed by atoms with van der Waals surface area (Å²) in [5, 5.41) is 3.16. The number of rotatable bonds is 6. The van der Waals surface area contributed by atoms with E-state index < -0.39 is 0 Å². The fourth-order valence-corrected chi connectivity index (χ4v) is 3.30. The third-order valence-electron chi connectivity index (χ3n) is 4.57. The topological polar surface area (TPSA) is 45.2 Å². The molecule has 1 aromatic heterocycles. The van der Waals surface area contributed by atoms with Gasteiger partial charge in [-0.15, -0.1) is 0 Å². The molecule has 0 spiro atoms. The molecule has 0 aliphatic carbocycles. The van der Waals surface area contributed by atoms with Crippen LogP contribution in [0.4, 0.5) is 0 Å². The Kier molecular flexibility index (Phi) is 5.96. The highest BCUT2D eigenvalue weighted by molar-refractivity contribution is 5.94. The van der Waals surface area contributed by atoms with Crippen LogP contribution >= 0.6 is 0 Å². The summed E-state index contributed by atoms with van der Waals surface area (Å²) in [5.74, 6) is 0.00790. The summed E-state index contributed by atoms with van der Waals surface area (Å²) in [6.45, 7) is 3.18. The van der Waals surface area contributed by atoms with Gasteiger partial charge < -0.3 is 10.2 Å². The van der Waals surface area contributed by atoms with Gasteiger partial charge in [-0.2, -0.15) is 0 Å². The van der Waals surface area contributed by atoms with Gasteiger partial charge in [0.25, 0.3) is 5.91 Å². The summed E-state index contributed by atoms with van der Waals surface area (Å²) in [6, 6.07) is 14.4. The van der Waals surface area contributed by atoms with Gasteiger partial charge in [0.1, 0.15) is 0 Å². The number of aryl methyl sites for hydroxylation is 1. The average Bonchev–Trinajstić information content (AvgIpc) is 2.64. The van der Waals surface area contributed by atoms with Crippen molar-refractivity contribution in [1.29, 1.82) is 0 Å². The summed E-state index contributed by atoms with van der Waals surface area (Å²) in [4.78, 5) is 18.7. The van der Waals surface area contributed by atoms with E-state index in [0.717, 1.165) is 45.3 Å². The molecule has 2 aromatic rings. The van der Waals surface area contributed by atoms with Crippen LogP contribution < -0.4 is 5.32 Å². The van der Waals surface area contributed by atoms with Crippen LogP contribution in [-0.2, 0) is 6.42 Å². The van der Waals surface area contributed by atoms with Crippen molar-refractivity contribution in [3.05, 3.63) is 66.0 Å². The van der Waals surface area contributed by atoms with Crippen molar-refractivity contribution in [2.24, 2.45) is 0 Å². The summed E-state index contributed by atoms with van der Waals surface area (Å²) in [7, 11) is 0. The number of piperidine rings is 1. The van der Waals surface area contributed by atoms with Crippen LogP contribution in [0.2, 0.25) is 0 Å². The van der Waals surface area contributed by atoms with Gasteiger partial charge in [0.2, 0.25) is 0 Å². The lowest BCUT2D eigenvalue weighted by Crippen LogP contribution is -2.47. The first-order valence-electron chi connectivity index (χ1n) is 8.78. The van der Waals surface area contributed by atoms with Gasteiger partial charge in [0.05, 0.1) is 0 Å². The van der Waals surface area contributed by atoms with Gasteiger partial charge in [0, 0.05) is 30.5 Å². The first kappa shape index (κ1) is 16.7. The molecule has 3 rings (SSSR count). The molecule has 0 unspecified atom stereocenters. The van der Waals surface area contributed by atoms with E-state index in [1.807, 2.05) is 0 Å². The fraction of sp³-hybridized carbons (Fsp3) is 0.400. The number of nitrogens with one attached hydrogen (secondary N) is 1. The smallest absolute Gasteiger partial charge is 0.251 e. The van der Waals surface area contributed by atoms with E-state index in [2.05, 4.69) is 45.5 Å². The molecule has 1 aromatic carbocycles. The van der Waals surface area contributed by atoms with E-state index in [4.69, 9.17) is 0 Å². The van der Waals surface area contributed by atoms with E-state index in [-0.39, 0.29) is 11.9 Å². The lowest BCUT2D eigenvalue weighted by Gasteiger charge is -2.33. The van der Waals surface area contributed by atoms with Crippen molar-refractivity contribution in [3.8, 4) is 0 Å². The number of carbonyl (C=O) groups excluding carboxylic acids is 1.